The minimum atomic E-state index is -3.66. The molecule has 0 spiro atoms. The number of anilines is 2. The molecule has 1 unspecified atom stereocenters. The number of carbonyl (C=O) groups is 2. The zero-order valence-electron chi connectivity index (χ0n) is 19.4. The first-order valence-corrected chi connectivity index (χ1v) is 13.0. The fourth-order valence-corrected chi connectivity index (χ4v) is 6.39. The van der Waals surface area contributed by atoms with Crippen LogP contribution in [0.2, 0.25) is 0 Å². The fraction of sp³-hybridized carbons (Fsp3) is 0.440. The molecule has 176 valence electrons. The van der Waals surface area contributed by atoms with Gasteiger partial charge in [0.2, 0.25) is 21.8 Å². The van der Waals surface area contributed by atoms with E-state index in [1.165, 1.54) is 11.2 Å². The lowest BCUT2D eigenvalue weighted by atomic mass is 9.97. The maximum absolute atomic E-state index is 13.3. The van der Waals surface area contributed by atoms with Crippen LogP contribution in [0.25, 0.3) is 0 Å². The van der Waals surface area contributed by atoms with E-state index in [1.807, 2.05) is 31.2 Å². The van der Waals surface area contributed by atoms with E-state index in [4.69, 9.17) is 0 Å². The molecular weight excluding hydrogens is 438 g/mol. The van der Waals surface area contributed by atoms with Crippen LogP contribution in [-0.2, 0) is 32.5 Å². The first kappa shape index (κ1) is 23.4. The number of nitrogens with one attached hydrogen (secondary N) is 1. The van der Waals surface area contributed by atoms with Gasteiger partial charge in [0, 0.05) is 43.3 Å². The normalized spacial score (nSPS) is 19.4. The van der Waals surface area contributed by atoms with E-state index in [9.17, 15) is 18.0 Å². The molecule has 1 saturated heterocycles. The van der Waals surface area contributed by atoms with Gasteiger partial charge in [-0.3, -0.25) is 9.59 Å². The van der Waals surface area contributed by atoms with Gasteiger partial charge in [-0.1, -0.05) is 19.1 Å². The molecule has 33 heavy (non-hydrogen) atoms. The molecule has 8 heteroatoms. The Bertz CT molecular complexity index is 1170. The minimum Gasteiger partial charge on any atom is -0.326 e. The van der Waals surface area contributed by atoms with Crippen LogP contribution >= 0.6 is 0 Å². The summed E-state index contributed by atoms with van der Waals surface area (Å²) in [5, 5.41) is 2.98. The van der Waals surface area contributed by atoms with Crippen molar-refractivity contribution in [2.45, 2.75) is 57.4 Å². The summed E-state index contributed by atoms with van der Waals surface area (Å²) in [6.07, 6.45) is 2.51. The van der Waals surface area contributed by atoms with Crippen molar-refractivity contribution >= 4 is 33.2 Å². The van der Waals surface area contributed by atoms with E-state index in [1.54, 1.807) is 23.1 Å². The predicted octanol–water partition coefficient (Wildman–Crippen LogP) is 3.59. The van der Waals surface area contributed by atoms with Gasteiger partial charge in [0.05, 0.1) is 4.90 Å². The Kier molecular flexibility index (Phi) is 6.59. The summed E-state index contributed by atoms with van der Waals surface area (Å²) in [4.78, 5) is 26.6. The van der Waals surface area contributed by atoms with Crippen molar-refractivity contribution in [3.05, 3.63) is 53.6 Å². The Morgan fingerprint density at radius 3 is 2.48 bits per heavy atom. The van der Waals surface area contributed by atoms with Crippen LogP contribution in [0, 0.1) is 5.92 Å². The Balaban J connectivity index is 1.42. The molecule has 0 aromatic heterocycles. The predicted molar refractivity (Wildman–Crippen MR) is 129 cm³/mol. The first-order chi connectivity index (χ1) is 15.7. The number of aryl methyl sites for hydroxylation is 1. The number of nitrogens with zero attached hydrogens (tertiary/aromatic N) is 2. The minimum absolute atomic E-state index is 0.0164. The lowest BCUT2D eigenvalue weighted by Gasteiger charge is -2.30. The summed E-state index contributed by atoms with van der Waals surface area (Å²) in [5.41, 5.74) is 3.60. The van der Waals surface area contributed by atoms with Gasteiger partial charge in [-0.25, -0.2) is 8.42 Å². The third-order valence-corrected chi connectivity index (χ3v) is 8.57. The van der Waals surface area contributed by atoms with Crippen molar-refractivity contribution in [3.8, 4) is 0 Å². The molecular formula is C25H31N3O4S. The Labute approximate surface area is 195 Å². The van der Waals surface area contributed by atoms with E-state index in [2.05, 4.69) is 12.2 Å². The number of rotatable bonds is 5. The number of carbonyl (C=O) groups excluding carboxylic acids is 2. The molecule has 1 fully saturated rings. The van der Waals surface area contributed by atoms with E-state index in [0.717, 1.165) is 28.9 Å². The molecule has 2 aliphatic heterocycles. The van der Waals surface area contributed by atoms with Gasteiger partial charge in [-0.15, -0.1) is 0 Å². The number of sulfonamides is 1. The molecule has 0 radical (unpaired) electrons. The third kappa shape index (κ3) is 4.68. The van der Waals surface area contributed by atoms with Gasteiger partial charge in [0.15, 0.2) is 0 Å². The standard InChI is InChI=1S/C25H31N3O4S/c1-4-19-6-5-7-22(15-19)26-25(30)20-10-12-27(13-11-20)33(31,32)23-8-9-24-21(16-23)14-17(2)28(24)18(3)29/h5-9,15-17,20H,4,10-14H2,1-3H3,(H,26,30). The quantitative estimate of drug-likeness (QED) is 0.725. The van der Waals surface area contributed by atoms with Gasteiger partial charge < -0.3 is 10.2 Å². The van der Waals surface area contributed by atoms with Crippen LogP contribution in [0.4, 0.5) is 11.4 Å². The highest BCUT2D eigenvalue weighted by atomic mass is 32.2. The Morgan fingerprint density at radius 1 is 1.09 bits per heavy atom. The van der Waals surface area contributed by atoms with Gasteiger partial charge in [-0.2, -0.15) is 4.31 Å². The maximum Gasteiger partial charge on any atom is 0.243 e. The largest absolute Gasteiger partial charge is 0.326 e. The molecule has 1 atom stereocenters. The monoisotopic (exact) mass is 469 g/mol. The SMILES string of the molecule is CCc1cccc(NC(=O)C2CCN(S(=O)(=O)c3ccc4c(c3)CC(C)N4C(C)=O)CC2)c1. The van der Waals surface area contributed by atoms with E-state index >= 15 is 0 Å². The summed E-state index contributed by atoms with van der Waals surface area (Å²) in [6.45, 7) is 6.17. The highest BCUT2D eigenvalue weighted by molar-refractivity contribution is 7.89. The smallest absolute Gasteiger partial charge is 0.243 e. The van der Waals surface area contributed by atoms with Crippen LogP contribution in [-0.4, -0.2) is 43.7 Å². The van der Waals surface area contributed by atoms with Crippen molar-refractivity contribution in [1.82, 2.24) is 4.31 Å². The molecule has 2 heterocycles. The first-order valence-electron chi connectivity index (χ1n) is 11.5. The van der Waals surface area contributed by atoms with Crippen molar-refractivity contribution < 1.29 is 18.0 Å². The second kappa shape index (κ2) is 9.27. The van der Waals surface area contributed by atoms with Crippen LogP contribution in [0.1, 0.15) is 44.7 Å². The number of benzene rings is 2. The summed E-state index contributed by atoms with van der Waals surface area (Å²) in [5.74, 6) is -0.318. The third-order valence-electron chi connectivity index (χ3n) is 6.67. The second-order valence-corrected chi connectivity index (χ2v) is 10.9. The zero-order valence-corrected chi connectivity index (χ0v) is 20.2. The molecule has 1 N–H and O–H groups in total. The molecule has 0 aliphatic carbocycles. The Morgan fingerprint density at radius 2 is 1.82 bits per heavy atom. The van der Waals surface area contributed by atoms with Crippen molar-refractivity contribution in [3.63, 3.8) is 0 Å². The molecule has 2 aliphatic rings. The van der Waals surface area contributed by atoms with Crippen molar-refractivity contribution in [2.75, 3.05) is 23.3 Å². The molecule has 7 nitrogen and oxygen atoms in total. The molecule has 0 saturated carbocycles. The van der Waals surface area contributed by atoms with Gasteiger partial charge in [-0.05, 0) is 74.1 Å². The Hall–Kier alpha value is -2.71. The van der Waals surface area contributed by atoms with Gasteiger partial charge >= 0.3 is 0 Å². The van der Waals surface area contributed by atoms with Gasteiger partial charge in [0.25, 0.3) is 0 Å². The summed E-state index contributed by atoms with van der Waals surface area (Å²) in [6, 6.07) is 12.8. The molecule has 0 bridgehead atoms. The number of hydrogen-bond donors (Lipinski definition) is 1. The van der Waals surface area contributed by atoms with Gasteiger partial charge in [0.1, 0.15) is 0 Å². The van der Waals surface area contributed by atoms with E-state index in [-0.39, 0.29) is 28.7 Å². The van der Waals surface area contributed by atoms with Crippen LogP contribution < -0.4 is 10.2 Å². The number of amides is 2. The average molecular weight is 470 g/mol. The fourth-order valence-electron chi connectivity index (χ4n) is 4.87. The highest BCUT2D eigenvalue weighted by Gasteiger charge is 2.34. The van der Waals surface area contributed by atoms with E-state index < -0.39 is 10.0 Å². The van der Waals surface area contributed by atoms with Crippen molar-refractivity contribution in [2.24, 2.45) is 5.92 Å². The number of hydrogen-bond acceptors (Lipinski definition) is 4. The lowest BCUT2D eigenvalue weighted by Crippen LogP contribution is -2.41. The summed E-state index contributed by atoms with van der Waals surface area (Å²) in [7, 11) is -3.66. The van der Waals surface area contributed by atoms with Crippen LogP contribution in [0.3, 0.4) is 0 Å². The molecule has 4 rings (SSSR count). The summed E-state index contributed by atoms with van der Waals surface area (Å²) < 4.78 is 28.0. The maximum atomic E-state index is 13.3. The lowest BCUT2D eigenvalue weighted by molar-refractivity contribution is -0.121. The molecule has 2 aromatic carbocycles. The van der Waals surface area contributed by atoms with Crippen LogP contribution in [0.15, 0.2) is 47.4 Å². The molecule has 2 amide bonds. The second-order valence-electron chi connectivity index (χ2n) is 8.95. The number of piperidine rings is 1. The topological polar surface area (TPSA) is 86.8 Å². The zero-order chi connectivity index (χ0) is 23.8. The highest BCUT2D eigenvalue weighted by Crippen LogP contribution is 2.35. The van der Waals surface area contributed by atoms with Crippen LogP contribution in [0.5, 0.6) is 0 Å². The molecule has 2 aromatic rings. The summed E-state index contributed by atoms with van der Waals surface area (Å²) >= 11 is 0. The number of fused-ring (bicyclic) bond motifs is 1. The average Bonchev–Trinajstić information content (AvgIpc) is 3.14. The van der Waals surface area contributed by atoms with E-state index in [0.29, 0.717) is 32.4 Å². The van der Waals surface area contributed by atoms with Crippen molar-refractivity contribution in [1.29, 1.82) is 0 Å².